The van der Waals surface area contributed by atoms with Crippen molar-refractivity contribution in [3.8, 4) is 0 Å². The van der Waals surface area contributed by atoms with Crippen molar-refractivity contribution in [1.29, 1.82) is 0 Å². The van der Waals surface area contributed by atoms with Crippen molar-refractivity contribution in [3.63, 3.8) is 0 Å². The standard InChI is InChI=1S/C15H21NO3S/c1-3-10-16(13-8-9-13)20(18,19)14-7-5-6-12(11-14)15(17)4-2/h5-7,11,13H,3-4,8-10H2,1-2H3. The predicted molar refractivity (Wildman–Crippen MR) is 78.3 cm³/mol. The second kappa shape index (κ2) is 6.06. The highest BCUT2D eigenvalue weighted by Gasteiger charge is 2.37. The molecule has 2 rings (SSSR count). The van der Waals surface area contributed by atoms with E-state index < -0.39 is 10.0 Å². The third kappa shape index (κ3) is 3.10. The van der Waals surface area contributed by atoms with Crippen molar-refractivity contribution in [1.82, 2.24) is 4.31 Å². The van der Waals surface area contributed by atoms with Crippen molar-refractivity contribution in [2.24, 2.45) is 0 Å². The lowest BCUT2D eigenvalue weighted by molar-refractivity contribution is 0.0988. The molecule has 0 atom stereocenters. The largest absolute Gasteiger partial charge is 0.294 e. The average Bonchev–Trinajstić information content (AvgIpc) is 3.28. The number of carbonyl (C=O) groups excluding carboxylic acids is 1. The molecule has 1 aliphatic rings. The highest BCUT2D eigenvalue weighted by Crippen LogP contribution is 2.32. The Morgan fingerprint density at radius 1 is 1.30 bits per heavy atom. The summed E-state index contributed by atoms with van der Waals surface area (Å²) in [5.41, 5.74) is 0.473. The second-order valence-electron chi connectivity index (χ2n) is 5.15. The number of rotatable bonds is 7. The quantitative estimate of drug-likeness (QED) is 0.727. The van der Waals surface area contributed by atoms with Gasteiger partial charge in [-0.25, -0.2) is 8.42 Å². The van der Waals surface area contributed by atoms with Gasteiger partial charge >= 0.3 is 0 Å². The molecule has 0 unspecified atom stereocenters. The molecule has 1 aromatic carbocycles. The fraction of sp³-hybridized carbons (Fsp3) is 0.533. The van der Waals surface area contributed by atoms with Gasteiger partial charge in [-0.3, -0.25) is 4.79 Å². The molecular formula is C15H21NO3S. The number of hydrogen-bond acceptors (Lipinski definition) is 3. The van der Waals surface area contributed by atoms with E-state index in [1.165, 1.54) is 6.07 Å². The topological polar surface area (TPSA) is 54.5 Å². The third-order valence-corrected chi connectivity index (χ3v) is 5.43. The summed E-state index contributed by atoms with van der Waals surface area (Å²) >= 11 is 0. The lowest BCUT2D eigenvalue weighted by Crippen LogP contribution is -2.33. The minimum atomic E-state index is -3.48. The summed E-state index contributed by atoms with van der Waals surface area (Å²) in [6.07, 6.45) is 3.05. The number of sulfonamides is 1. The number of nitrogens with zero attached hydrogens (tertiary/aromatic N) is 1. The molecule has 0 amide bonds. The first kappa shape index (κ1) is 15.2. The number of ketones is 1. The van der Waals surface area contributed by atoms with E-state index in [1.54, 1.807) is 29.4 Å². The van der Waals surface area contributed by atoms with Crippen LogP contribution in [0.4, 0.5) is 0 Å². The molecule has 5 heteroatoms. The van der Waals surface area contributed by atoms with Gasteiger partial charge < -0.3 is 0 Å². The number of hydrogen-bond donors (Lipinski definition) is 0. The molecule has 20 heavy (non-hydrogen) atoms. The Kier molecular flexibility index (Phi) is 4.60. The van der Waals surface area contributed by atoms with Crippen molar-refractivity contribution in [2.45, 2.75) is 50.5 Å². The molecule has 1 aliphatic carbocycles. The molecule has 1 aromatic rings. The molecule has 1 saturated carbocycles. The SMILES string of the molecule is CCCN(C1CC1)S(=O)(=O)c1cccc(C(=O)CC)c1. The highest BCUT2D eigenvalue weighted by molar-refractivity contribution is 7.89. The molecule has 0 spiro atoms. The van der Waals surface area contributed by atoms with Crippen LogP contribution >= 0.6 is 0 Å². The summed E-state index contributed by atoms with van der Waals surface area (Å²) in [4.78, 5) is 12.0. The van der Waals surface area contributed by atoms with Gasteiger partial charge in [-0.05, 0) is 31.4 Å². The Labute approximate surface area is 120 Å². The van der Waals surface area contributed by atoms with Gasteiger partial charge in [0.1, 0.15) is 0 Å². The van der Waals surface area contributed by atoms with E-state index in [4.69, 9.17) is 0 Å². The second-order valence-corrected chi connectivity index (χ2v) is 7.04. The molecule has 110 valence electrons. The Morgan fingerprint density at radius 3 is 2.55 bits per heavy atom. The van der Waals surface area contributed by atoms with Gasteiger partial charge in [-0.1, -0.05) is 26.0 Å². The zero-order valence-corrected chi connectivity index (χ0v) is 12.8. The van der Waals surface area contributed by atoms with Crippen LogP contribution in [0.2, 0.25) is 0 Å². The Balaban J connectivity index is 2.35. The zero-order chi connectivity index (χ0) is 14.8. The molecule has 0 N–H and O–H groups in total. The maximum absolute atomic E-state index is 12.7. The van der Waals surface area contributed by atoms with Gasteiger partial charge in [0.2, 0.25) is 10.0 Å². The summed E-state index contributed by atoms with van der Waals surface area (Å²) in [6.45, 7) is 4.29. The average molecular weight is 295 g/mol. The monoisotopic (exact) mass is 295 g/mol. The molecule has 0 heterocycles. The van der Waals surface area contributed by atoms with Crippen LogP contribution in [-0.4, -0.2) is 31.1 Å². The number of carbonyl (C=O) groups is 1. The molecule has 4 nitrogen and oxygen atoms in total. The van der Waals surface area contributed by atoms with E-state index in [0.717, 1.165) is 19.3 Å². The van der Waals surface area contributed by atoms with Crippen molar-refractivity contribution in [3.05, 3.63) is 29.8 Å². The molecule has 0 aromatic heterocycles. The van der Waals surface area contributed by atoms with Gasteiger partial charge in [-0.15, -0.1) is 0 Å². The van der Waals surface area contributed by atoms with E-state index in [-0.39, 0.29) is 16.7 Å². The third-order valence-electron chi connectivity index (χ3n) is 3.48. The Hall–Kier alpha value is -1.20. The first-order valence-electron chi connectivity index (χ1n) is 7.15. The summed E-state index contributed by atoms with van der Waals surface area (Å²) in [7, 11) is -3.48. The van der Waals surface area contributed by atoms with Crippen molar-refractivity contribution < 1.29 is 13.2 Å². The first-order chi connectivity index (χ1) is 9.50. The normalized spacial score (nSPS) is 15.6. The summed E-state index contributed by atoms with van der Waals surface area (Å²) in [5, 5.41) is 0. The Morgan fingerprint density at radius 2 is 2.00 bits per heavy atom. The lowest BCUT2D eigenvalue weighted by Gasteiger charge is -2.21. The zero-order valence-electron chi connectivity index (χ0n) is 12.0. The Bertz CT molecular complexity index is 591. The van der Waals surface area contributed by atoms with Crippen LogP contribution in [0, 0.1) is 0 Å². The summed E-state index contributed by atoms with van der Waals surface area (Å²) in [5.74, 6) is -0.0319. The summed E-state index contributed by atoms with van der Waals surface area (Å²) < 4.78 is 26.9. The van der Waals surface area contributed by atoms with Crippen LogP contribution in [0.5, 0.6) is 0 Å². The van der Waals surface area contributed by atoms with Crippen LogP contribution in [0.1, 0.15) is 49.9 Å². The van der Waals surface area contributed by atoms with Crippen LogP contribution in [0.25, 0.3) is 0 Å². The smallest absolute Gasteiger partial charge is 0.243 e. The molecule has 0 saturated heterocycles. The van der Waals surface area contributed by atoms with Gasteiger partial charge in [0.05, 0.1) is 4.90 Å². The van der Waals surface area contributed by atoms with Gasteiger partial charge in [-0.2, -0.15) is 4.31 Å². The predicted octanol–water partition coefficient (Wildman–Crippen LogP) is 2.84. The van der Waals surface area contributed by atoms with Crippen molar-refractivity contribution in [2.75, 3.05) is 6.54 Å². The fourth-order valence-corrected chi connectivity index (χ4v) is 4.07. The number of Topliss-reactive ketones (excluding diaryl/α,β-unsaturated/α-hetero) is 1. The molecule has 0 aliphatic heterocycles. The maximum atomic E-state index is 12.7. The van der Waals surface area contributed by atoms with Crippen LogP contribution in [0.15, 0.2) is 29.2 Å². The van der Waals surface area contributed by atoms with Gasteiger partial charge in [0.25, 0.3) is 0 Å². The maximum Gasteiger partial charge on any atom is 0.243 e. The first-order valence-corrected chi connectivity index (χ1v) is 8.59. The van der Waals surface area contributed by atoms with E-state index >= 15 is 0 Å². The number of benzene rings is 1. The molecular weight excluding hydrogens is 274 g/mol. The fourth-order valence-electron chi connectivity index (χ4n) is 2.25. The van der Waals surface area contributed by atoms with Crippen LogP contribution in [-0.2, 0) is 10.0 Å². The highest BCUT2D eigenvalue weighted by atomic mass is 32.2. The van der Waals surface area contributed by atoms with E-state index in [9.17, 15) is 13.2 Å². The molecule has 0 radical (unpaired) electrons. The van der Waals surface area contributed by atoms with Crippen LogP contribution in [0.3, 0.4) is 0 Å². The minimum Gasteiger partial charge on any atom is -0.294 e. The summed E-state index contributed by atoms with van der Waals surface area (Å²) in [6, 6.07) is 6.54. The lowest BCUT2D eigenvalue weighted by atomic mass is 10.1. The van der Waals surface area contributed by atoms with E-state index in [0.29, 0.717) is 18.5 Å². The van der Waals surface area contributed by atoms with Crippen molar-refractivity contribution >= 4 is 15.8 Å². The van der Waals surface area contributed by atoms with Gasteiger partial charge in [0, 0.05) is 24.6 Å². The minimum absolute atomic E-state index is 0.0319. The molecule has 0 bridgehead atoms. The van der Waals surface area contributed by atoms with E-state index in [1.807, 2.05) is 6.92 Å². The van der Waals surface area contributed by atoms with E-state index in [2.05, 4.69) is 0 Å². The van der Waals surface area contributed by atoms with Gasteiger partial charge in [0.15, 0.2) is 5.78 Å². The molecule has 1 fully saturated rings. The van der Waals surface area contributed by atoms with Crippen LogP contribution < -0.4 is 0 Å².